The number of nitrogens with two attached hydrogens (primary N) is 1. The number of hydrogen-bond donors (Lipinski definition) is 1. The highest BCUT2D eigenvalue weighted by Gasteiger charge is 2.43. The van der Waals surface area contributed by atoms with Crippen LogP contribution in [0.4, 0.5) is 0 Å². The molecule has 3 heteroatoms. The molecule has 1 unspecified atom stereocenters. The molecule has 0 aromatic heterocycles. The number of benzene rings is 1. The lowest BCUT2D eigenvalue weighted by Gasteiger charge is -2.46. The van der Waals surface area contributed by atoms with Gasteiger partial charge in [0.15, 0.2) is 0 Å². The van der Waals surface area contributed by atoms with Crippen molar-refractivity contribution in [3.63, 3.8) is 0 Å². The Kier molecular flexibility index (Phi) is 2.89. The van der Waals surface area contributed by atoms with Gasteiger partial charge in [-0.1, -0.05) is 17.7 Å². The third-order valence-corrected chi connectivity index (χ3v) is 4.66. The molecule has 17 heavy (non-hydrogen) atoms. The quantitative estimate of drug-likeness (QED) is 0.770. The van der Waals surface area contributed by atoms with Gasteiger partial charge in [-0.25, -0.2) is 0 Å². The molecule has 2 N–H and O–H groups in total. The van der Waals surface area contributed by atoms with Crippen LogP contribution >= 0.6 is 11.6 Å². The molecule has 0 amide bonds. The van der Waals surface area contributed by atoms with Crippen molar-refractivity contribution in [2.24, 2.45) is 5.73 Å². The fourth-order valence-corrected chi connectivity index (χ4v) is 3.61. The number of aryl methyl sites for hydroxylation is 1. The monoisotopic (exact) mass is 251 g/mol. The van der Waals surface area contributed by atoms with E-state index in [1.807, 2.05) is 6.07 Å². The van der Waals surface area contributed by atoms with Crippen LogP contribution in [-0.4, -0.2) is 19.3 Å². The first-order valence-electron chi connectivity index (χ1n) is 6.35. The van der Waals surface area contributed by atoms with Gasteiger partial charge in [0.1, 0.15) is 0 Å². The summed E-state index contributed by atoms with van der Waals surface area (Å²) in [6.45, 7) is 1.66. The van der Waals surface area contributed by atoms with Crippen molar-refractivity contribution in [3.05, 3.63) is 34.3 Å². The number of fused-ring (bicyclic) bond motifs is 2. The van der Waals surface area contributed by atoms with Gasteiger partial charge in [0.25, 0.3) is 0 Å². The molecule has 1 saturated heterocycles. The summed E-state index contributed by atoms with van der Waals surface area (Å²) in [7, 11) is 0. The zero-order valence-corrected chi connectivity index (χ0v) is 10.7. The molecule has 1 fully saturated rings. The Morgan fingerprint density at radius 2 is 2.06 bits per heavy atom. The fourth-order valence-electron chi connectivity index (χ4n) is 3.42. The predicted octanol–water partition coefficient (Wildman–Crippen LogP) is 2.66. The summed E-state index contributed by atoms with van der Waals surface area (Å²) >= 11 is 6.08. The van der Waals surface area contributed by atoms with E-state index in [2.05, 4.69) is 12.1 Å². The van der Waals surface area contributed by atoms with Gasteiger partial charge in [0.2, 0.25) is 0 Å². The SMILES string of the molecule is NC1CCc2cc(Cl)ccc2C12CCOCC2. The Balaban J connectivity index is 2.09. The molecule has 1 aliphatic carbocycles. The van der Waals surface area contributed by atoms with Crippen LogP contribution in [-0.2, 0) is 16.6 Å². The Bertz CT molecular complexity index is 426. The lowest BCUT2D eigenvalue weighted by molar-refractivity contribution is 0.0360. The first-order valence-corrected chi connectivity index (χ1v) is 6.72. The summed E-state index contributed by atoms with van der Waals surface area (Å²) < 4.78 is 5.50. The van der Waals surface area contributed by atoms with Crippen LogP contribution < -0.4 is 5.73 Å². The molecule has 2 aliphatic rings. The average Bonchev–Trinajstić information content (AvgIpc) is 2.35. The van der Waals surface area contributed by atoms with E-state index in [1.165, 1.54) is 11.1 Å². The van der Waals surface area contributed by atoms with Crippen LogP contribution in [0.15, 0.2) is 18.2 Å². The van der Waals surface area contributed by atoms with Crippen molar-refractivity contribution in [2.45, 2.75) is 37.1 Å². The highest BCUT2D eigenvalue weighted by molar-refractivity contribution is 6.30. The van der Waals surface area contributed by atoms with Gasteiger partial charge in [0, 0.05) is 29.7 Å². The lowest BCUT2D eigenvalue weighted by Crippen LogP contribution is -2.51. The largest absolute Gasteiger partial charge is 0.381 e. The summed E-state index contributed by atoms with van der Waals surface area (Å²) in [6, 6.07) is 6.55. The van der Waals surface area contributed by atoms with Crippen LogP contribution in [0.2, 0.25) is 5.02 Å². The third kappa shape index (κ3) is 1.79. The van der Waals surface area contributed by atoms with E-state index in [-0.39, 0.29) is 11.5 Å². The first kappa shape index (κ1) is 11.5. The second-order valence-electron chi connectivity index (χ2n) is 5.22. The molecule has 1 aliphatic heterocycles. The molecule has 0 bridgehead atoms. The summed E-state index contributed by atoms with van der Waals surface area (Å²) in [6.07, 6.45) is 4.21. The number of halogens is 1. The van der Waals surface area contributed by atoms with Gasteiger partial charge in [0.05, 0.1) is 0 Å². The highest BCUT2D eigenvalue weighted by Crippen LogP contribution is 2.44. The molecule has 3 rings (SSSR count). The average molecular weight is 252 g/mol. The van der Waals surface area contributed by atoms with Gasteiger partial charge in [-0.15, -0.1) is 0 Å². The smallest absolute Gasteiger partial charge is 0.0475 e. The van der Waals surface area contributed by atoms with E-state index in [1.54, 1.807) is 0 Å². The van der Waals surface area contributed by atoms with Gasteiger partial charge in [-0.2, -0.15) is 0 Å². The first-order chi connectivity index (χ1) is 8.22. The zero-order chi connectivity index (χ0) is 11.9. The molecule has 1 spiro atoms. The highest BCUT2D eigenvalue weighted by atomic mass is 35.5. The minimum atomic E-state index is 0.135. The minimum absolute atomic E-state index is 0.135. The Hall–Kier alpha value is -0.570. The van der Waals surface area contributed by atoms with Crippen molar-refractivity contribution >= 4 is 11.6 Å². The van der Waals surface area contributed by atoms with Crippen molar-refractivity contribution in [2.75, 3.05) is 13.2 Å². The summed E-state index contributed by atoms with van der Waals surface area (Å²) in [5, 5.41) is 0.835. The number of rotatable bonds is 0. The van der Waals surface area contributed by atoms with Gasteiger partial charge < -0.3 is 10.5 Å². The van der Waals surface area contributed by atoms with Gasteiger partial charge in [-0.3, -0.25) is 0 Å². The van der Waals surface area contributed by atoms with E-state index in [9.17, 15) is 0 Å². The van der Waals surface area contributed by atoms with Gasteiger partial charge >= 0.3 is 0 Å². The maximum Gasteiger partial charge on any atom is 0.0475 e. The standard InChI is InChI=1S/C14H18ClNO/c15-11-2-3-12-10(9-11)1-4-13(16)14(12)5-7-17-8-6-14/h2-3,9,13H,1,4-8,16H2. The summed E-state index contributed by atoms with van der Waals surface area (Å²) in [5.74, 6) is 0. The van der Waals surface area contributed by atoms with Crippen LogP contribution in [0, 0.1) is 0 Å². The molecule has 1 heterocycles. The molecule has 0 saturated carbocycles. The second kappa shape index (κ2) is 4.27. The van der Waals surface area contributed by atoms with Crippen LogP contribution in [0.3, 0.4) is 0 Å². The summed E-state index contributed by atoms with van der Waals surface area (Å²) in [5.41, 5.74) is 9.35. The normalized spacial score (nSPS) is 26.8. The van der Waals surface area contributed by atoms with Crippen LogP contribution in [0.5, 0.6) is 0 Å². The van der Waals surface area contributed by atoms with E-state index in [0.717, 1.165) is 43.9 Å². The van der Waals surface area contributed by atoms with E-state index < -0.39 is 0 Å². The molecule has 1 aromatic carbocycles. The number of ether oxygens (including phenoxy) is 1. The van der Waals surface area contributed by atoms with Crippen molar-refractivity contribution in [1.82, 2.24) is 0 Å². The molecule has 0 radical (unpaired) electrons. The topological polar surface area (TPSA) is 35.2 Å². The molecular weight excluding hydrogens is 234 g/mol. The van der Waals surface area contributed by atoms with Crippen LogP contribution in [0.1, 0.15) is 30.4 Å². The van der Waals surface area contributed by atoms with E-state index in [0.29, 0.717) is 0 Å². The molecule has 92 valence electrons. The molecule has 1 aromatic rings. The maximum absolute atomic E-state index is 6.41. The van der Waals surface area contributed by atoms with Crippen LogP contribution in [0.25, 0.3) is 0 Å². The van der Waals surface area contributed by atoms with Crippen molar-refractivity contribution in [1.29, 1.82) is 0 Å². The van der Waals surface area contributed by atoms with Crippen molar-refractivity contribution < 1.29 is 4.74 Å². The Labute approximate surface area is 107 Å². The second-order valence-corrected chi connectivity index (χ2v) is 5.65. The molecule has 1 atom stereocenters. The molecule has 2 nitrogen and oxygen atoms in total. The Morgan fingerprint density at radius 1 is 1.29 bits per heavy atom. The lowest BCUT2D eigenvalue weighted by atomic mass is 9.63. The Morgan fingerprint density at radius 3 is 2.82 bits per heavy atom. The fraction of sp³-hybridized carbons (Fsp3) is 0.571. The zero-order valence-electron chi connectivity index (χ0n) is 9.92. The van der Waals surface area contributed by atoms with Crippen molar-refractivity contribution in [3.8, 4) is 0 Å². The van der Waals surface area contributed by atoms with Gasteiger partial charge in [-0.05, 0) is 48.9 Å². The molecular formula is C14H18ClNO. The third-order valence-electron chi connectivity index (χ3n) is 4.42. The predicted molar refractivity (Wildman–Crippen MR) is 69.5 cm³/mol. The van der Waals surface area contributed by atoms with E-state index >= 15 is 0 Å². The van der Waals surface area contributed by atoms with E-state index in [4.69, 9.17) is 22.1 Å². The maximum atomic E-state index is 6.41. The number of hydrogen-bond acceptors (Lipinski definition) is 2. The minimum Gasteiger partial charge on any atom is -0.381 e. The summed E-state index contributed by atoms with van der Waals surface area (Å²) in [4.78, 5) is 0.